The number of aryl methyl sites for hydroxylation is 1. The third kappa shape index (κ3) is 1.98. The Morgan fingerprint density at radius 1 is 1.38 bits per heavy atom. The van der Waals surface area contributed by atoms with Crippen LogP contribution in [0.3, 0.4) is 0 Å². The molecule has 1 rings (SSSR count). The molecule has 1 N–H and O–H groups in total. The van der Waals surface area contributed by atoms with Crippen molar-refractivity contribution in [2.45, 2.75) is 6.92 Å². The molecule has 0 unspecified atom stereocenters. The van der Waals surface area contributed by atoms with Gasteiger partial charge in [-0.15, -0.1) is 0 Å². The number of nitriles is 2. The quantitative estimate of drug-likeness (QED) is 0.690. The van der Waals surface area contributed by atoms with E-state index in [4.69, 9.17) is 10.5 Å². The Hall–Kier alpha value is -2.00. The fraction of sp³-hybridized carbons (Fsp3) is 0.200. The van der Waals surface area contributed by atoms with Gasteiger partial charge in [0.05, 0.1) is 17.3 Å². The van der Waals surface area contributed by atoms with Crippen molar-refractivity contribution in [2.75, 3.05) is 11.9 Å². The van der Waals surface area contributed by atoms with E-state index in [0.717, 1.165) is 11.3 Å². The van der Waals surface area contributed by atoms with Crippen molar-refractivity contribution in [3.05, 3.63) is 29.3 Å². The molecular weight excluding hydrogens is 162 g/mol. The smallest absolute Gasteiger partial charge is 0.103 e. The second-order valence-corrected chi connectivity index (χ2v) is 2.62. The molecule has 0 saturated heterocycles. The van der Waals surface area contributed by atoms with Gasteiger partial charge < -0.3 is 5.32 Å². The average molecular weight is 171 g/mol. The van der Waals surface area contributed by atoms with Gasteiger partial charge in [-0.1, -0.05) is 12.1 Å². The van der Waals surface area contributed by atoms with Gasteiger partial charge in [-0.25, -0.2) is 0 Å². The molecule has 13 heavy (non-hydrogen) atoms. The van der Waals surface area contributed by atoms with Gasteiger partial charge in [-0.2, -0.15) is 10.5 Å². The maximum absolute atomic E-state index is 8.83. The van der Waals surface area contributed by atoms with Gasteiger partial charge >= 0.3 is 0 Å². The lowest BCUT2D eigenvalue weighted by Gasteiger charge is -2.05. The number of nitrogens with zero attached hydrogens (tertiary/aromatic N) is 2. The Bertz CT molecular complexity index is 382. The van der Waals surface area contributed by atoms with Crippen LogP contribution in [0, 0.1) is 29.6 Å². The van der Waals surface area contributed by atoms with E-state index in [0.29, 0.717) is 5.56 Å². The Morgan fingerprint density at radius 3 is 2.77 bits per heavy atom. The highest BCUT2D eigenvalue weighted by Gasteiger charge is 2.02. The zero-order valence-corrected chi connectivity index (χ0v) is 7.33. The van der Waals surface area contributed by atoms with E-state index in [1.54, 1.807) is 6.07 Å². The SMILES string of the molecule is Cc1cccc(NCC#N)c1C#N. The Morgan fingerprint density at radius 2 is 2.15 bits per heavy atom. The van der Waals surface area contributed by atoms with Crippen LogP contribution < -0.4 is 5.32 Å². The summed E-state index contributed by atoms with van der Waals surface area (Å²) in [4.78, 5) is 0. The molecule has 1 aromatic rings. The van der Waals surface area contributed by atoms with E-state index in [9.17, 15) is 0 Å². The molecule has 64 valence electrons. The van der Waals surface area contributed by atoms with E-state index < -0.39 is 0 Å². The molecule has 0 aliphatic rings. The first kappa shape index (κ1) is 9.09. The molecule has 0 fully saturated rings. The van der Waals surface area contributed by atoms with Crippen LogP contribution in [-0.4, -0.2) is 6.54 Å². The third-order valence-electron chi connectivity index (χ3n) is 1.74. The van der Waals surface area contributed by atoms with Gasteiger partial charge in [0.15, 0.2) is 0 Å². The van der Waals surface area contributed by atoms with Crippen LogP contribution in [0.5, 0.6) is 0 Å². The highest BCUT2D eigenvalue weighted by molar-refractivity contribution is 5.60. The molecule has 0 heterocycles. The summed E-state index contributed by atoms with van der Waals surface area (Å²) >= 11 is 0. The zero-order valence-electron chi connectivity index (χ0n) is 7.33. The molecule has 1 aromatic carbocycles. The van der Waals surface area contributed by atoms with Crippen molar-refractivity contribution in [2.24, 2.45) is 0 Å². The summed E-state index contributed by atoms with van der Waals surface area (Å²) in [5.41, 5.74) is 2.26. The lowest BCUT2D eigenvalue weighted by Crippen LogP contribution is -2.01. The van der Waals surface area contributed by atoms with Gasteiger partial charge in [0, 0.05) is 0 Å². The summed E-state index contributed by atoms with van der Waals surface area (Å²) in [6.45, 7) is 2.09. The molecule has 0 spiro atoms. The highest BCUT2D eigenvalue weighted by Crippen LogP contribution is 2.17. The topological polar surface area (TPSA) is 59.6 Å². The van der Waals surface area contributed by atoms with Crippen LogP contribution >= 0.6 is 0 Å². The monoisotopic (exact) mass is 171 g/mol. The van der Waals surface area contributed by atoms with Crippen LogP contribution in [0.15, 0.2) is 18.2 Å². The van der Waals surface area contributed by atoms with E-state index in [2.05, 4.69) is 11.4 Å². The number of hydrogen-bond acceptors (Lipinski definition) is 3. The standard InChI is InChI=1S/C10H9N3/c1-8-3-2-4-10(9(8)7-12)13-6-5-11/h2-4,13H,6H2,1H3. The first-order valence-corrected chi connectivity index (χ1v) is 3.90. The Labute approximate surface area is 77.2 Å². The van der Waals surface area contributed by atoms with Crippen LogP contribution in [-0.2, 0) is 0 Å². The van der Waals surface area contributed by atoms with Crippen molar-refractivity contribution in [3.8, 4) is 12.1 Å². The molecule has 0 aliphatic carbocycles. The average Bonchev–Trinajstić information content (AvgIpc) is 2.15. The molecular formula is C10H9N3. The maximum Gasteiger partial charge on any atom is 0.103 e. The number of anilines is 1. The van der Waals surface area contributed by atoms with Crippen molar-refractivity contribution < 1.29 is 0 Å². The van der Waals surface area contributed by atoms with Gasteiger partial charge in [0.1, 0.15) is 12.6 Å². The van der Waals surface area contributed by atoms with E-state index in [1.807, 2.05) is 25.1 Å². The van der Waals surface area contributed by atoms with Crippen molar-refractivity contribution in [3.63, 3.8) is 0 Å². The van der Waals surface area contributed by atoms with Crippen LogP contribution in [0.1, 0.15) is 11.1 Å². The molecule has 0 aliphatic heterocycles. The predicted octanol–water partition coefficient (Wildman–Crippen LogP) is 1.80. The zero-order chi connectivity index (χ0) is 9.68. The fourth-order valence-electron chi connectivity index (χ4n) is 1.10. The van der Waals surface area contributed by atoms with Crippen LogP contribution in [0.2, 0.25) is 0 Å². The van der Waals surface area contributed by atoms with E-state index >= 15 is 0 Å². The molecule has 0 bridgehead atoms. The van der Waals surface area contributed by atoms with Gasteiger partial charge in [0.25, 0.3) is 0 Å². The highest BCUT2D eigenvalue weighted by atomic mass is 14.9. The minimum Gasteiger partial charge on any atom is -0.371 e. The molecule has 3 nitrogen and oxygen atoms in total. The lowest BCUT2D eigenvalue weighted by molar-refractivity contribution is 1.29. The van der Waals surface area contributed by atoms with Gasteiger partial charge in [-0.3, -0.25) is 0 Å². The molecule has 0 aromatic heterocycles. The van der Waals surface area contributed by atoms with Crippen LogP contribution in [0.25, 0.3) is 0 Å². The summed E-state index contributed by atoms with van der Waals surface area (Å²) in [6, 6.07) is 9.59. The second-order valence-electron chi connectivity index (χ2n) is 2.62. The summed E-state index contributed by atoms with van der Waals surface area (Å²) in [5, 5.41) is 20.1. The number of rotatable bonds is 2. The first-order chi connectivity index (χ1) is 6.29. The molecule has 0 radical (unpaired) electrons. The second kappa shape index (κ2) is 4.13. The Balaban J connectivity index is 3.02. The normalized spacial score (nSPS) is 8.54. The number of hydrogen-bond donors (Lipinski definition) is 1. The first-order valence-electron chi connectivity index (χ1n) is 3.90. The molecule has 3 heteroatoms. The molecule has 0 atom stereocenters. The third-order valence-corrected chi connectivity index (χ3v) is 1.74. The minimum absolute atomic E-state index is 0.220. The minimum atomic E-state index is 0.220. The predicted molar refractivity (Wildman–Crippen MR) is 50.0 cm³/mol. The molecule has 0 amide bonds. The summed E-state index contributed by atoms with van der Waals surface area (Å²) in [7, 11) is 0. The maximum atomic E-state index is 8.83. The summed E-state index contributed by atoms with van der Waals surface area (Å²) in [5.74, 6) is 0. The van der Waals surface area contributed by atoms with Crippen molar-refractivity contribution >= 4 is 5.69 Å². The lowest BCUT2D eigenvalue weighted by atomic mass is 10.1. The van der Waals surface area contributed by atoms with E-state index in [-0.39, 0.29) is 6.54 Å². The summed E-state index contributed by atoms with van der Waals surface area (Å²) in [6.07, 6.45) is 0. The van der Waals surface area contributed by atoms with Crippen molar-refractivity contribution in [1.82, 2.24) is 0 Å². The largest absolute Gasteiger partial charge is 0.371 e. The van der Waals surface area contributed by atoms with Gasteiger partial charge in [0.2, 0.25) is 0 Å². The molecule has 0 saturated carbocycles. The van der Waals surface area contributed by atoms with Crippen molar-refractivity contribution in [1.29, 1.82) is 10.5 Å². The summed E-state index contributed by atoms with van der Waals surface area (Å²) < 4.78 is 0. The van der Waals surface area contributed by atoms with Gasteiger partial charge in [-0.05, 0) is 18.6 Å². The van der Waals surface area contributed by atoms with E-state index in [1.165, 1.54) is 0 Å². The number of benzene rings is 1. The number of nitrogens with one attached hydrogen (secondary N) is 1. The fourth-order valence-corrected chi connectivity index (χ4v) is 1.10. The Kier molecular flexibility index (Phi) is 2.89. The van der Waals surface area contributed by atoms with Crippen LogP contribution in [0.4, 0.5) is 5.69 Å².